The molecule has 0 radical (unpaired) electrons. The van der Waals surface area contributed by atoms with E-state index in [2.05, 4.69) is 16.8 Å². The van der Waals surface area contributed by atoms with E-state index in [0.717, 1.165) is 23.0 Å². The summed E-state index contributed by atoms with van der Waals surface area (Å²) >= 11 is 0. The zero-order chi connectivity index (χ0) is 16.4. The molecular weight excluding hydrogens is 300 g/mol. The molecule has 0 unspecified atom stereocenters. The Hall–Kier alpha value is -3.02. The molecule has 6 heteroatoms. The van der Waals surface area contributed by atoms with Gasteiger partial charge in [-0.25, -0.2) is 8.78 Å². The first-order chi connectivity index (χ1) is 11.1. The van der Waals surface area contributed by atoms with Gasteiger partial charge in [0, 0.05) is 22.6 Å². The Labute approximate surface area is 131 Å². The van der Waals surface area contributed by atoms with Crippen molar-refractivity contribution in [3.63, 3.8) is 0 Å². The lowest BCUT2D eigenvalue weighted by Gasteiger charge is -2.07. The molecule has 0 fully saturated rings. The minimum absolute atomic E-state index is 0.0201. The molecule has 3 aromatic rings. The van der Waals surface area contributed by atoms with Crippen molar-refractivity contribution in [2.24, 2.45) is 5.16 Å². The minimum Gasteiger partial charge on any atom is -0.410 e. The third-order valence-corrected chi connectivity index (χ3v) is 3.50. The van der Waals surface area contributed by atoms with Crippen molar-refractivity contribution in [2.75, 3.05) is 0 Å². The van der Waals surface area contributed by atoms with Crippen LogP contribution in [0.5, 0.6) is 0 Å². The number of allylic oxidation sites excluding steroid dienone is 1. The fraction of sp³-hybridized carbons (Fsp3) is 0.0588. The van der Waals surface area contributed by atoms with Crippen LogP contribution in [0.3, 0.4) is 0 Å². The first-order valence-corrected chi connectivity index (χ1v) is 6.88. The average Bonchev–Trinajstić information content (AvgIpc) is 2.93. The van der Waals surface area contributed by atoms with Crippen LogP contribution in [0, 0.1) is 11.6 Å². The second kappa shape index (κ2) is 6.00. The lowest BCUT2D eigenvalue weighted by Crippen LogP contribution is -2.06. The summed E-state index contributed by atoms with van der Waals surface area (Å²) in [4.78, 5) is 0. The number of benzene rings is 2. The lowest BCUT2D eigenvalue weighted by molar-refractivity contribution is 0.319. The summed E-state index contributed by atoms with van der Waals surface area (Å²) in [5.41, 5.74) is 1.43. The Morgan fingerprint density at radius 1 is 1.26 bits per heavy atom. The predicted octanol–water partition coefficient (Wildman–Crippen LogP) is 3.73. The molecule has 0 spiro atoms. The molecule has 116 valence electrons. The first-order valence-electron chi connectivity index (χ1n) is 6.88. The van der Waals surface area contributed by atoms with Gasteiger partial charge in [0.1, 0.15) is 17.3 Å². The van der Waals surface area contributed by atoms with E-state index < -0.39 is 11.6 Å². The van der Waals surface area contributed by atoms with Crippen LogP contribution in [0.2, 0.25) is 0 Å². The monoisotopic (exact) mass is 313 g/mol. The number of rotatable bonds is 4. The Balaban J connectivity index is 2.08. The van der Waals surface area contributed by atoms with E-state index in [-0.39, 0.29) is 11.3 Å². The molecule has 0 aliphatic heterocycles. The maximum Gasteiger partial charge on any atom is 0.135 e. The maximum atomic E-state index is 13.9. The van der Waals surface area contributed by atoms with Crippen molar-refractivity contribution in [3.05, 3.63) is 78.0 Å². The summed E-state index contributed by atoms with van der Waals surface area (Å²) in [6, 6.07) is 8.34. The lowest BCUT2D eigenvalue weighted by atomic mass is 10.0. The third kappa shape index (κ3) is 2.70. The smallest absolute Gasteiger partial charge is 0.135 e. The molecule has 2 aromatic carbocycles. The second-order valence-corrected chi connectivity index (χ2v) is 4.96. The highest BCUT2D eigenvalue weighted by atomic mass is 19.1. The summed E-state index contributed by atoms with van der Waals surface area (Å²) in [6.45, 7) is 4.24. The molecule has 0 aliphatic carbocycles. The molecule has 0 amide bonds. The largest absolute Gasteiger partial charge is 0.410 e. The molecule has 3 rings (SSSR count). The van der Waals surface area contributed by atoms with Crippen LogP contribution >= 0.6 is 0 Å². The number of fused-ring (bicyclic) bond motifs is 1. The van der Waals surface area contributed by atoms with Gasteiger partial charge in [-0.1, -0.05) is 17.3 Å². The van der Waals surface area contributed by atoms with Gasteiger partial charge in [-0.2, -0.15) is 5.10 Å². The van der Waals surface area contributed by atoms with Gasteiger partial charge in [0.25, 0.3) is 0 Å². The van der Waals surface area contributed by atoms with Gasteiger partial charge in [0.15, 0.2) is 0 Å². The fourth-order valence-corrected chi connectivity index (χ4v) is 2.45. The first kappa shape index (κ1) is 14.9. The fourth-order valence-electron chi connectivity index (χ4n) is 2.45. The number of halogens is 2. The van der Waals surface area contributed by atoms with E-state index >= 15 is 0 Å². The second-order valence-electron chi connectivity index (χ2n) is 4.96. The van der Waals surface area contributed by atoms with Crippen molar-refractivity contribution in [1.82, 2.24) is 9.78 Å². The van der Waals surface area contributed by atoms with Crippen molar-refractivity contribution in [2.45, 2.75) is 6.54 Å². The molecule has 1 N–H and O–H groups in total. The zero-order valence-corrected chi connectivity index (χ0v) is 12.1. The van der Waals surface area contributed by atoms with Gasteiger partial charge in [-0.05, 0) is 24.3 Å². The number of nitrogens with zero attached hydrogens (tertiary/aromatic N) is 3. The van der Waals surface area contributed by atoms with Crippen LogP contribution in [0.15, 0.2) is 60.4 Å². The van der Waals surface area contributed by atoms with E-state index in [1.165, 1.54) is 6.07 Å². The van der Waals surface area contributed by atoms with Gasteiger partial charge < -0.3 is 5.21 Å². The van der Waals surface area contributed by atoms with Crippen molar-refractivity contribution < 1.29 is 14.0 Å². The number of hydrogen-bond acceptors (Lipinski definition) is 3. The summed E-state index contributed by atoms with van der Waals surface area (Å²) in [7, 11) is 0. The molecule has 1 aromatic heterocycles. The Bertz CT molecular complexity index is 915. The quantitative estimate of drug-likeness (QED) is 0.345. The van der Waals surface area contributed by atoms with Crippen molar-refractivity contribution >= 4 is 16.6 Å². The van der Waals surface area contributed by atoms with Crippen LogP contribution in [-0.2, 0) is 6.54 Å². The Kier molecular flexibility index (Phi) is 3.89. The number of oxime groups is 1. The standard InChI is InChI=1S/C17H13F2N3O/c1-2-7-22-16-6-3-11(8-12(16)10-20-22)17(21-23)14-5-4-13(18)9-15(14)19/h2-6,8-10,23H,1,7H2. The zero-order valence-electron chi connectivity index (χ0n) is 12.1. The van der Waals surface area contributed by atoms with E-state index in [1.807, 2.05) is 0 Å². The van der Waals surface area contributed by atoms with Crippen LogP contribution in [0.4, 0.5) is 8.78 Å². The molecule has 0 saturated heterocycles. The summed E-state index contributed by atoms with van der Waals surface area (Å²) in [6.07, 6.45) is 3.40. The van der Waals surface area contributed by atoms with E-state index in [9.17, 15) is 14.0 Å². The van der Waals surface area contributed by atoms with Gasteiger partial charge in [-0.15, -0.1) is 6.58 Å². The van der Waals surface area contributed by atoms with Crippen LogP contribution in [-0.4, -0.2) is 20.7 Å². The van der Waals surface area contributed by atoms with Crippen molar-refractivity contribution in [1.29, 1.82) is 0 Å². The molecule has 1 heterocycles. The maximum absolute atomic E-state index is 13.9. The van der Waals surface area contributed by atoms with Gasteiger partial charge in [0.2, 0.25) is 0 Å². The topological polar surface area (TPSA) is 50.4 Å². The normalized spacial score (nSPS) is 11.8. The van der Waals surface area contributed by atoms with Crippen LogP contribution in [0.1, 0.15) is 11.1 Å². The SMILES string of the molecule is C=CCn1ncc2cc(C(=NO)c3ccc(F)cc3F)ccc21. The molecule has 0 aliphatic rings. The molecule has 0 bridgehead atoms. The summed E-state index contributed by atoms with van der Waals surface area (Å²) in [5, 5.41) is 17.5. The highest BCUT2D eigenvalue weighted by Crippen LogP contribution is 2.20. The average molecular weight is 313 g/mol. The van der Waals surface area contributed by atoms with E-state index in [0.29, 0.717) is 12.1 Å². The molecular formula is C17H13F2N3O. The highest BCUT2D eigenvalue weighted by Gasteiger charge is 2.15. The van der Waals surface area contributed by atoms with Gasteiger partial charge in [-0.3, -0.25) is 4.68 Å². The minimum atomic E-state index is -0.791. The highest BCUT2D eigenvalue weighted by molar-refractivity contribution is 6.13. The molecule has 0 atom stereocenters. The molecule has 0 saturated carbocycles. The van der Waals surface area contributed by atoms with Gasteiger partial charge >= 0.3 is 0 Å². The summed E-state index contributed by atoms with van der Waals surface area (Å²) < 4.78 is 28.7. The Morgan fingerprint density at radius 3 is 2.78 bits per heavy atom. The van der Waals surface area contributed by atoms with E-state index in [4.69, 9.17) is 0 Å². The van der Waals surface area contributed by atoms with E-state index in [1.54, 1.807) is 35.2 Å². The number of hydrogen-bond donors (Lipinski definition) is 1. The van der Waals surface area contributed by atoms with Crippen LogP contribution in [0.25, 0.3) is 10.9 Å². The molecule has 4 nitrogen and oxygen atoms in total. The van der Waals surface area contributed by atoms with Crippen LogP contribution < -0.4 is 0 Å². The van der Waals surface area contributed by atoms with Crippen molar-refractivity contribution in [3.8, 4) is 0 Å². The summed E-state index contributed by atoms with van der Waals surface area (Å²) in [5.74, 6) is -1.48. The number of aromatic nitrogens is 2. The Morgan fingerprint density at radius 2 is 2.09 bits per heavy atom. The molecule has 23 heavy (non-hydrogen) atoms. The third-order valence-electron chi connectivity index (χ3n) is 3.50. The predicted molar refractivity (Wildman–Crippen MR) is 83.7 cm³/mol. The van der Waals surface area contributed by atoms with Gasteiger partial charge in [0.05, 0.1) is 18.3 Å².